The smallest absolute Gasteiger partial charge is 0.123 e. The minimum atomic E-state index is 0.778. The van der Waals surface area contributed by atoms with Crippen LogP contribution < -0.4 is 10.1 Å². The summed E-state index contributed by atoms with van der Waals surface area (Å²) in [4.78, 5) is 4.25. The molecule has 3 nitrogen and oxygen atoms in total. The van der Waals surface area contributed by atoms with Crippen LogP contribution >= 0.6 is 0 Å². The Labute approximate surface area is 124 Å². The molecule has 0 unspecified atom stereocenters. The normalized spacial score (nSPS) is 10.8. The van der Waals surface area contributed by atoms with E-state index in [0.717, 1.165) is 17.9 Å². The van der Waals surface area contributed by atoms with Crippen molar-refractivity contribution in [3.63, 3.8) is 0 Å². The molecule has 0 fully saturated rings. The van der Waals surface area contributed by atoms with Gasteiger partial charge < -0.3 is 10.1 Å². The second-order valence-corrected chi connectivity index (χ2v) is 4.96. The second kappa shape index (κ2) is 5.94. The van der Waals surface area contributed by atoms with Gasteiger partial charge in [-0.05, 0) is 41.8 Å². The molecular formula is C18H18N2O. The highest BCUT2D eigenvalue weighted by molar-refractivity contribution is 5.96. The van der Waals surface area contributed by atoms with Crippen LogP contribution in [0.25, 0.3) is 21.9 Å². The number of ether oxygens (including phenoxy) is 1. The SMILES string of the molecule is CNCc1cc(-c2cccc3ccncc23)ccc1OC. The molecule has 0 saturated carbocycles. The molecule has 0 radical (unpaired) electrons. The fourth-order valence-corrected chi connectivity index (χ4v) is 2.64. The van der Waals surface area contributed by atoms with Crippen molar-refractivity contribution in [1.82, 2.24) is 10.3 Å². The highest BCUT2D eigenvalue weighted by Gasteiger charge is 2.08. The van der Waals surface area contributed by atoms with Gasteiger partial charge in [0, 0.05) is 29.9 Å². The molecule has 0 spiro atoms. The molecule has 0 aliphatic carbocycles. The number of fused-ring (bicyclic) bond motifs is 1. The number of nitrogens with one attached hydrogen (secondary N) is 1. The lowest BCUT2D eigenvalue weighted by Gasteiger charge is -2.12. The van der Waals surface area contributed by atoms with Crippen molar-refractivity contribution in [2.45, 2.75) is 6.54 Å². The van der Waals surface area contributed by atoms with Crippen molar-refractivity contribution < 1.29 is 4.74 Å². The predicted octanol–water partition coefficient (Wildman–Crippen LogP) is 3.63. The van der Waals surface area contributed by atoms with E-state index < -0.39 is 0 Å². The van der Waals surface area contributed by atoms with Gasteiger partial charge in [-0.3, -0.25) is 4.98 Å². The Morgan fingerprint density at radius 1 is 1.14 bits per heavy atom. The van der Waals surface area contributed by atoms with Crippen LogP contribution in [0.5, 0.6) is 5.75 Å². The lowest BCUT2D eigenvalue weighted by molar-refractivity contribution is 0.408. The first kappa shape index (κ1) is 13.6. The van der Waals surface area contributed by atoms with Crippen molar-refractivity contribution in [3.05, 3.63) is 60.4 Å². The van der Waals surface area contributed by atoms with Crippen LogP contribution in [-0.2, 0) is 6.54 Å². The number of hydrogen-bond donors (Lipinski definition) is 1. The molecule has 0 atom stereocenters. The van der Waals surface area contributed by atoms with Gasteiger partial charge in [0.2, 0.25) is 0 Å². The van der Waals surface area contributed by atoms with Crippen LogP contribution in [0, 0.1) is 0 Å². The van der Waals surface area contributed by atoms with Gasteiger partial charge in [0.25, 0.3) is 0 Å². The summed E-state index contributed by atoms with van der Waals surface area (Å²) in [5.41, 5.74) is 3.53. The highest BCUT2D eigenvalue weighted by atomic mass is 16.5. The maximum atomic E-state index is 5.42. The zero-order valence-electron chi connectivity index (χ0n) is 12.3. The Balaban J connectivity index is 2.16. The Morgan fingerprint density at radius 2 is 2.05 bits per heavy atom. The van der Waals surface area contributed by atoms with Gasteiger partial charge in [-0.25, -0.2) is 0 Å². The molecule has 21 heavy (non-hydrogen) atoms. The third kappa shape index (κ3) is 2.60. The first-order valence-electron chi connectivity index (χ1n) is 6.98. The lowest BCUT2D eigenvalue weighted by Crippen LogP contribution is -2.06. The van der Waals surface area contributed by atoms with E-state index in [0.29, 0.717) is 0 Å². The predicted molar refractivity (Wildman–Crippen MR) is 86.5 cm³/mol. The van der Waals surface area contributed by atoms with Crippen LogP contribution in [0.4, 0.5) is 0 Å². The van der Waals surface area contributed by atoms with Crippen LogP contribution in [0.1, 0.15) is 5.56 Å². The number of aromatic nitrogens is 1. The average molecular weight is 278 g/mol. The number of hydrogen-bond acceptors (Lipinski definition) is 3. The second-order valence-electron chi connectivity index (χ2n) is 4.96. The quantitative estimate of drug-likeness (QED) is 0.791. The Hall–Kier alpha value is -2.39. The fraction of sp³-hybridized carbons (Fsp3) is 0.167. The third-order valence-electron chi connectivity index (χ3n) is 3.64. The van der Waals surface area contributed by atoms with E-state index in [4.69, 9.17) is 4.74 Å². The molecule has 1 N–H and O–H groups in total. The van der Waals surface area contributed by atoms with Gasteiger partial charge >= 0.3 is 0 Å². The molecule has 0 aliphatic heterocycles. The summed E-state index contributed by atoms with van der Waals surface area (Å²) in [7, 11) is 3.64. The molecule has 0 bridgehead atoms. The van der Waals surface area contributed by atoms with Crippen LogP contribution in [0.15, 0.2) is 54.9 Å². The lowest BCUT2D eigenvalue weighted by atomic mass is 9.98. The molecule has 3 aromatic rings. The molecular weight excluding hydrogens is 260 g/mol. The van der Waals surface area contributed by atoms with E-state index in [1.165, 1.54) is 21.9 Å². The van der Waals surface area contributed by atoms with Crippen molar-refractivity contribution in [1.29, 1.82) is 0 Å². The molecule has 3 heteroatoms. The maximum absolute atomic E-state index is 5.42. The Bertz CT molecular complexity index is 763. The minimum absolute atomic E-state index is 0.778. The van der Waals surface area contributed by atoms with E-state index in [-0.39, 0.29) is 0 Å². The molecule has 1 aromatic heterocycles. The average Bonchev–Trinajstić information content (AvgIpc) is 2.54. The zero-order chi connectivity index (χ0) is 14.7. The number of benzene rings is 2. The molecule has 1 heterocycles. The van der Waals surface area contributed by atoms with Gasteiger partial charge in [0.1, 0.15) is 5.75 Å². The highest BCUT2D eigenvalue weighted by Crippen LogP contribution is 2.31. The molecule has 0 amide bonds. The molecule has 106 valence electrons. The summed E-state index contributed by atoms with van der Waals surface area (Å²) >= 11 is 0. The monoisotopic (exact) mass is 278 g/mol. The van der Waals surface area contributed by atoms with E-state index in [9.17, 15) is 0 Å². The van der Waals surface area contributed by atoms with Gasteiger partial charge in [0.05, 0.1) is 7.11 Å². The minimum Gasteiger partial charge on any atom is -0.496 e. The van der Waals surface area contributed by atoms with Crippen LogP contribution in [-0.4, -0.2) is 19.1 Å². The zero-order valence-corrected chi connectivity index (χ0v) is 12.3. The van der Waals surface area contributed by atoms with Crippen molar-refractivity contribution in [2.24, 2.45) is 0 Å². The topological polar surface area (TPSA) is 34.2 Å². The summed E-state index contributed by atoms with van der Waals surface area (Å²) in [5, 5.41) is 5.55. The molecule has 2 aromatic carbocycles. The van der Waals surface area contributed by atoms with Crippen LogP contribution in [0.3, 0.4) is 0 Å². The fourth-order valence-electron chi connectivity index (χ4n) is 2.64. The molecule has 3 rings (SSSR count). The van der Waals surface area contributed by atoms with Gasteiger partial charge in [-0.2, -0.15) is 0 Å². The van der Waals surface area contributed by atoms with E-state index in [2.05, 4.69) is 40.6 Å². The van der Waals surface area contributed by atoms with Crippen molar-refractivity contribution in [2.75, 3.05) is 14.2 Å². The van der Waals surface area contributed by atoms with Gasteiger partial charge in [-0.1, -0.05) is 24.3 Å². The molecule has 0 aliphatic rings. The number of pyridine rings is 1. The van der Waals surface area contributed by atoms with E-state index in [1.54, 1.807) is 7.11 Å². The largest absolute Gasteiger partial charge is 0.496 e. The van der Waals surface area contributed by atoms with Crippen LogP contribution in [0.2, 0.25) is 0 Å². The maximum Gasteiger partial charge on any atom is 0.123 e. The number of rotatable bonds is 4. The number of methoxy groups -OCH3 is 1. The summed E-state index contributed by atoms with van der Waals surface area (Å²) in [6.07, 6.45) is 3.75. The first-order chi connectivity index (χ1) is 10.3. The third-order valence-corrected chi connectivity index (χ3v) is 3.64. The van der Waals surface area contributed by atoms with Gasteiger partial charge in [0.15, 0.2) is 0 Å². The van der Waals surface area contributed by atoms with E-state index >= 15 is 0 Å². The Morgan fingerprint density at radius 3 is 2.86 bits per heavy atom. The van der Waals surface area contributed by atoms with Gasteiger partial charge in [-0.15, -0.1) is 0 Å². The summed E-state index contributed by atoms with van der Waals surface area (Å²) in [5.74, 6) is 0.909. The summed E-state index contributed by atoms with van der Waals surface area (Å²) in [6.45, 7) is 0.778. The Kier molecular flexibility index (Phi) is 3.84. The van der Waals surface area contributed by atoms with Crippen molar-refractivity contribution >= 4 is 10.8 Å². The number of nitrogens with zero attached hydrogens (tertiary/aromatic N) is 1. The summed E-state index contributed by atoms with van der Waals surface area (Å²) < 4.78 is 5.42. The summed E-state index contributed by atoms with van der Waals surface area (Å²) in [6, 6.07) is 14.7. The first-order valence-corrected chi connectivity index (χ1v) is 6.98. The van der Waals surface area contributed by atoms with Crippen molar-refractivity contribution in [3.8, 4) is 16.9 Å². The van der Waals surface area contributed by atoms with E-state index in [1.807, 2.05) is 31.6 Å². The standard InChI is InChI=1S/C18H18N2O/c1-19-11-15-10-14(6-7-18(15)21-2)16-5-3-4-13-8-9-20-12-17(13)16/h3-10,12,19H,11H2,1-2H3. The molecule has 0 saturated heterocycles.